The van der Waals surface area contributed by atoms with Crippen LogP contribution in [0.25, 0.3) is 0 Å². The standard InChI is InChI=1S/C25H19F2N5O4/c1-28-24(34)22-10-14(6-8-29-22)31-20-5-3-16(12-19(20)27)36-17-7-9-30-23(13-17)25(35)32-21-4-2-15(33)11-18(21)26/h2-13,33H,1H3,(H,28,34)(H,29,31)(H,32,35). The zero-order valence-corrected chi connectivity index (χ0v) is 18.8. The van der Waals surface area contributed by atoms with Gasteiger partial charge in [-0.15, -0.1) is 0 Å². The van der Waals surface area contributed by atoms with Crippen molar-refractivity contribution in [1.82, 2.24) is 15.3 Å². The maximum absolute atomic E-state index is 14.7. The average Bonchev–Trinajstić information content (AvgIpc) is 2.87. The van der Waals surface area contributed by atoms with Crippen LogP contribution in [0.15, 0.2) is 73.1 Å². The van der Waals surface area contributed by atoms with E-state index >= 15 is 0 Å². The molecular weight excluding hydrogens is 472 g/mol. The Labute approximate surface area is 203 Å². The minimum atomic E-state index is -0.809. The van der Waals surface area contributed by atoms with Gasteiger partial charge in [0.25, 0.3) is 11.8 Å². The highest BCUT2D eigenvalue weighted by Crippen LogP contribution is 2.28. The van der Waals surface area contributed by atoms with E-state index < -0.39 is 17.5 Å². The normalized spacial score (nSPS) is 10.4. The van der Waals surface area contributed by atoms with E-state index in [1.54, 1.807) is 6.07 Å². The first-order valence-corrected chi connectivity index (χ1v) is 10.5. The molecule has 0 aliphatic rings. The van der Waals surface area contributed by atoms with E-state index in [0.29, 0.717) is 5.69 Å². The highest BCUT2D eigenvalue weighted by molar-refractivity contribution is 6.03. The van der Waals surface area contributed by atoms with E-state index in [-0.39, 0.29) is 45.9 Å². The molecule has 0 saturated heterocycles. The number of nitrogens with zero attached hydrogens (tertiary/aromatic N) is 2. The van der Waals surface area contributed by atoms with Gasteiger partial charge in [-0.2, -0.15) is 0 Å². The van der Waals surface area contributed by atoms with Gasteiger partial charge in [0.05, 0.1) is 11.4 Å². The van der Waals surface area contributed by atoms with E-state index in [4.69, 9.17) is 4.74 Å². The van der Waals surface area contributed by atoms with Crippen molar-refractivity contribution in [2.24, 2.45) is 0 Å². The molecule has 4 aromatic rings. The van der Waals surface area contributed by atoms with Gasteiger partial charge in [0.1, 0.15) is 40.3 Å². The smallest absolute Gasteiger partial charge is 0.274 e. The van der Waals surface area contributed by atoms with Crippen molar-refractivity contribution in [3.63, 3.8) is 0 Å². The van der Waals surface area contributed by atoms with Gasteiger partial charge in [-0.05, 0) is 42.5 Å². The summed E-state index contributed by atoms with van der Waals surface area (Å²) in [4.78, 5) is 32.1. The first-order valence-electron chi connectivity index (χ1n) is 10.5. The van der Waals surface area contributed by atoms with Gasteiger partial charge < -0.3 is 25.8 Å². The fourth-order valence-electron chi connectivity index (χ4n) is 3.10. The number of phenolic OH excluding ortho intramolecular Hbond substituents is 1. The van der Waals surface area contributed by atoms with Crippen molar-refractivity contribution in [1.29, 1.82) is 0 Å². The Morgan fingerprint density at radius 1 is 0.806 bits per heavy atom. The molecule has 11 heteroatoms. The third kappa shape index (κ3) is 5.70. The molecule has 0 atom stereocenters. The molecule has 0 spiro atoms. The number of halogens is 2. The number of phenols is 1. The third-order valence-corrected chi connectivity index (χ3v) is 4.84. The van der Waals surface area contributed by atoms with Crippen LogP contribution in [0.1, 0.15) is 21.0 Å². The van der Waals surface area contributed by atoms with Gasteiger partial charge in [0.2, 0.25) is 0 Å². The molecule has 182 valence electrons. The number of pyridine rings is 2. The summed E-state index contributed by atoms with van der Waals surface area (Å²) in [5, 5.41) is 17.0. The van der Waals surface area contributed by atoms with Crippen LogP contribution in [0.2, 0.25) is 0 Å². The number of carbonyl (C=O) groups is 2. The fraction of sp³-hybridized carbons (Fsp3) is 0.0400. The van der Waals surface area contributed by atoms with Crippen LogP contribution in [0.3, 0.4) is 0 Å². The summed E-state index contributed by atoms with van der Waals surface area (Å²) >= 11 is 0. The molecule has 9 nitrogen and oxygen atoms in total. The molecule has 0 radical (unpaired) electrons. The summed E-state index contributed by atoms with van der Waals surface area (Å²) in [6, 6.07) is 13.3. The highest BCUT2D eigenvalue weighted by atomic mass is 19.1. The van der Waals surface area contributed by atoms with Crippen LogP contribution in [-0.2, 0) is 0 Å². The Balaban J connectivity index is 1.45. The highest BCUT2D eigenvalue weighted by Gasteiger charge is 2.13. The molecule has 0 bridgehead atoms. The second kappa shape index (κ2) is 10.5. The van der Waals surface area contributed by atoms with Crippen molar-refractivity contribution in [3.05, 3.63) is 96.1 Å². The minimum absolute atomic E-state index is 0.0664. The van der Waals surface area contributed by atoms with Crippen molar-refractivity contribution >= 4 is 28.9 Å². The maximum Gasteiger partial charge on any atom is 0.274 e. The van der Waals surface area contributed by atoms with Gasteiger partial charge in [-0.25, -0.2) is 8.78 Å². The van der Waals surface area contributed by atoms with Crippen LogP contribution in [-0.4, -0.2) is 33.9 Å². The summed E-state index contributed by atoms with van der Waals surface area (Å²) in [6.07, 6.45) is 2.74. The number of hydrogen-bond acceptors (Lipinski definition) is 7. The summed E-state index contributed by atoms with van der Waals surface area (Å²) < 4.78 is 34.3. The van der Waals surface area contributed by atoms with Crippen molar-refractivity contribution in [2.75, 3.05) is 17.7 Å². The minimum Gasteiger partial charge on any atom is -0.508 e. The Morgan fingerprint density at radius 3 is 2.19 bits per heavy atom. The number of ether oxygens (including phenoxy) is 1. The van der Waals surface area contributed by atoms with E-state index in [1.165, 1.54) is 61.9 Å². The number of nitrogens with one attached hydrogen (secondary N) is 3. The summed E-state index contributed by atoms with van der Waals surface area (Å²) in [5.74, 6) is -2.43. The van der Waals surface area contributed by atoms with Crippen LogP contribution >= 0.6 is 0 Å². The number of anilines is 3. The Bertz CT molecular complexity index is 1450. The van der Waals surface area contributed by atoms with Crippen molar-refractivity contribution in [2.45, 2.75) is 0 Å². The summed E-state index contributed by atoms with van der Waals surface area (Å²) in [5.41, 5.74) is 0.581. The molecule has 2 aromatic heterocycles. The number of amides is 2. The van der Waals surface area contributed by atoms with Crippen molar-refractivity contribution < 1.29 is 28.2 Å². The zero-order valence-electron chi connectivity index (χ0n) is 18.8. The lowest BCUT2D eigenvalue weighted by Crippen LogP contribution is -2.19. The van der Waals surface area contributed by atoms with Crippen LogP contribution in [0.5, 0.6) is 17.2 Å². The van der Waals surface area contributed by atoms with Crippen LogP contribution < -0.4 is 20.7 Å². The summed E-state index contributed by atoms with van der Waals surface area (Å²) in [7, 11) is 1.48. The molecule has 0 fully saturated rings. The number of hydrogen-bond donors (Lipinski definition) is 4. The maximum atomic E-state index is 14.7. The lowest BCUT2D eigenvalue weighted by atomic mass is 10.2. The van der Waals surface area contributed by atoms with Gasteiger partial charge in [-0.3, -0.25) is 19.6 Å². The molecule has 0 aliphatic heterocycles. The molecule has 2 heterocycles. The lowest BCUT2D eigenvalue weighted by molar-refractivity contribution is 0.0957. The summed E-state index contributed by atoms with van der Waals surface area (Å²) in [6.45, 7) is 0. The topological polar surface area (TPSA) is 125 Å². The number of aromatic nitrogens is 2. The second-order valence-corrected chi connectivity index (χ2v) is 7.37. The van der Waals surface area contributed by atoms with E-state index in [1.807, 2.05) is 0 Å². The average molecular weight is 491 g/mol. The number of carbonyl (C=O) groups excluding carboxylic acids is 2. The molecular formula is C25H19F2N5O4. The Morgan fingerprint density at radius 2 is 1.47 bits per heavy atom. The van der Waals surface area contributed by atoms with Gasteiger partial charge in [0.15, 0.2) is 0 Å². The van der Waals surface area contributed by atoms with E-state index in [9.17, 15) is 23.5 Å². The molecule has 2 amide bonds. The van der Waals surface area contributed by atoms with E-state index in [0.717, 1.165) is 12.1 Å². The Kier molecular flexibility index (Phi) is 7.00. The van der Waals surface area contributed by atoms with Crippen LogP contribution in [0, 0.1) is 11.6 Å². The quantitative estimate of drug-likeness (QED) is 0.278. The number of benzene rings is 2. The Hall–Kier alpha value is -5.06. The van der Waals surface area contributed by atoms with E-state index in [2.05, 4.69) is 25.9 Å². The van der Waals surface area contributed by atoms with Gasteiger partial charge in [-0.1, -0.05) is 0 Å². The molecule has 36 heavy (non-hydrogen) atoms. The second-order valence-electron chi connectivity index (χ2n) is 7.37. The van der Waals surface area contributed by atoms with Gasteiger partial charge >= 0.3 is 0 Å². The first-order chi connectivity index (χ1) is 17.3. The molecule has 2 aromatic carbocycles. The van der Waals surface area contributed by atoms with Crippen LogP contribution in [0.4, 0.5) is 25.8 Å². The molecule has 4 rings (SSSR count). The monoisotopic (exact) mass is 491 g/mol. The zero-order chi connectivity index (χ0) is 25.7. The fourth-order valence-corrected chi connectivity index (χ4v) is 3.10. The predicted octanol–water partition coefficient (Wildman–Crippen LogP) is 4.61. The number of rotatable bonds is 7. The number of aromatic hydroxyl groups is 1. The third-order valence-electron chi connectivity index (χ3n) is 4.84. The molecule has 0 aliphatic carbocycles. The van der Waals surface area contributed by atoms with Crippen molar-refractivity contribution in [3.8, 4) is 17.2 Å². The lowest BCUT2D eigenvalue weighted by Gasteiger charge is -2.11. The molecule has 0 saturated carbocycles. The molecule has 4 N–H and O–H groups in total. The SMILES string of the molecule is CNC(=O)c1cc(Nc2ccc(Oc3ccnc(C(=O)Nc4ccc(O)cc4F)c3)cc2F)ccn1. The largest absolute Gasteiger partial charge is 0.508 e. The first kappa shape index (κ1) is 24.1. The molecule has 0 unspecified atom stereocenters. The predicted molar refractivity (Wildman–Crippen MR) is 128 cm³/mol. The van der Waals surface area contributed by atoms with Gasteiger partial charge in [0, 0.05) is 43.3 Å².